The smallest absolute Gasteiger partial charge is 0.0716 e. The number of hydrogen-bond acceptors (Lipinski definition) is 2. The topological polar surface area (TPSA) is 21.3 Å². The van der Waals surface area contributed by atoms with Gasteiger partial charge in [0, 0.05) is 19.3 Å². The molecule has 0 spiro atoms. The maximum Gasteiger partial charge on any atom is 0.0716 e. The van der Waals surface area contributed by atoms with E-state index in [0.29, 0.717) is 6.61 Å². The van der Waals surface area contributed by atoms with Crippen molar-refractivity contribution in [2.75, 3.05) is 12.4 Å². The summed E-state index contributed by atoms with van der Waals surface area (Å²) in [5.74, 6) is 0. The summed E-state index contributed by atoms with van der Waals surface area (Å²) >= 11 is 0. The number of nitrogens with one attached hydrogen (secondary N) is 1. The summed E-state index contributed by atoms with van der Waals surface area (Å²) in [6.07, 6.45) is 0. The van der Waals surface area contributed by atoms with Crippen molar-refractivity contribution >= 4 is 5.69 Å². The second kappa shape index (κ2) is 6.06. The molecule has 0 aliphatic heterocycles. The molecule has 2 aromatic rings. The highest BCUT2D eigenvalue weighted by Crippen LogP contribution is 2.13. The van der Waals surface area contributed by atoms with E-state index in [1.807, 2.05) is 24.3 Å². The summed E-state index contributed by atoms with van der Waals surface area (Å²) in [5.41, 5.74) is 3.65. The minimum Gasteiger partial charge on any atom is -0.381 e. The molecule has 0 aliphatic carbocycles. The molecule has 0 saturated carbocycles. The van der Waals surface area contributed by atoms with Crippen LogP contribution < -0.4 is 5.32 Å². The fourth-order valence-electron chi connectivity index (χ4n) is 1.78. The molecule has 0 fully saturated rings. The average Bonchev–Trinajstić information content (AvgIpc) is 2.39. The van der Waals surface area contributed by atoms with Crippen molar-refractivity contribution in [3.63, 3.8) is 0 Å². The summed E-state index contributed by atoms with van der Waals surface area (Å²) in [4.78, 5) is 0. The standard InChI is InChI=1S/C15H17NO/c1-17-12-14-8-6-5-7-13(14)11-16-15-9-3-2-4-10-15/h2-10,16H,11-12H2,1H3. The molecule has 0 saturated heterocycles. The minimum absolute atomic E-state index is 0.659. The maximum absolute atomic E-state index is 5.19. The number of para-hydroxylation sites is 1. The van der Waals surface area contributed by atoms with Crippen LogP contribution in [0.4, 0.5) is 5.69 Å². The highest BCUT2D eigenvalue weighted by molar-refractivity contribution is 5.43. The molecule has 0 heterocycles. The van der Waals surface area contributed by atoms with E-state index in [2.05, 4.69) is 35.6 Å². The van der Waals surface area contributed by atoms with Crippen LogP contribution in [0.1, 0.15) is 11.1 Å². The number of rotatable bonds is 5. The largest absolute Gasteiger partial charge is 0.381 e. The maximum atomic E-state index is 5.19. The quantitative estimate of drug-likeness (QED) is 0.844. The van der Waals surface area contributed by atoms with Gasteiger partial charge in [-0.15, -0.1) is 0 Å². The summed E-state index contributed by atoms with van der Waals surface area (Å²) in [7, 11) is 1.72. The first-order valence-corrected chi connectivity index (χ1v) is 5.75. The zero-order valence-corrected chi connectivity index (χ0v) is 10.0. The predicted molar refractivity (Wildman–Crippen MR) is 70.9 cm³/mol. The fraction of sp³-hybridized carbons (Fsp3) is 0.200. The Morgan fingerprint density at radius 1 is 0.882 bits per heavy atom. The first-order valence-electron chi connectivity index (χ1n) is 5.75. The van der Waals surface area contributed by atoms with Gasteiger partial charge in [0.15, 0.2) is 0 Å². The van der Waals surface area contributed by atoms with Crippen molar-refractivity contribution in [3.8, 4) is 0 Å². The molecule has 0 radical (unpaired) electrons. The molecule has 0 amide bonds. The van der Waals surface area contributed by atoms with Crippen LogP contribution in [0.2, 0.25) is 0 Å². The Bertz CT molecular complexity index is 453. The van der Waals surface area contributed by atoms with Crippen molar-refractivity contribution in [2.45, 2.75) is 13.2 Å². The van der Waals surface area contributed by atoms with Crippen LogP contribution in [0.15, 0.2) is 54.6 Å². The first-order chi connectivity index (χ1) is 8.40. The first kappa shape index (κ1) is 11.7. The Morgan fingerprint density at radius 2 is 1.53 bits per heavy atom. The zero-order valence-electron chi connectivity index (χ0n) is 10.0. The lowest BCUT2D eigenvalue weighted by Gasteiger charge is -2.10. The van der Waals surface area contributed by atoms with E-state index in [9.17, 15) is 0 Å². The molecular formula is C15H17NO. The molecular weight excluding hydrogens is 210 g/mol. The second-order valence-corrected chi connectivity index (χ2v) is 3.92. The van der Waals surface area contributed by atoms with E-state index < -0.39 is 0 Å². The van der Waals surface area contributed by atoms with Gasteiger partial charge in [-0.2, -0.15) is 0 Å². The summed E-state index contributed by atoms with van der Waals surface area (Å²) in [5, 5.41) is 3.40. The normalized spacial score (nSPS) is 10.2. The average molecular weight is 227 g/mol. The van der Waals surface area contributed by atoms with Crippen LogP contribution in [0.3, 0.4) is 0 Å². The zero-order chi connectivity index (χ0) is 11.9. The van der Waals surface area contributed by atoms with Crippen LogP contribution >= 0.6 is 0 Å². The molecule has 2 heteroatoms. The Kier molecular flexibility index (Phi) is 4.17. The van der Waals surface area contributed by atoms with E-state index in [-0.39, 0.29) is 0 Å². The number of benzene rings is 2. The highest BCUT2D eigenvalue weighted by atomic mass is 16.5. The monoisotopic (exact) mass is 227 g/mol. The van der Waals surface area contributed by atoms with Crippen LogP contribution in [-0.4, -0.2) is 7.11 Å². The van der Waals surface area contributed by atoms with Gasteiger partial charge >= 0.3 is 0 Å². The van der Waals surface area contributed by atoms with Gasteiger partial charge in [-0.1, -0.05) is 42.5 Å². The molecule has 0 atom stereocenters. The van der Waals surface area contributed by atoms with Crippen molar-refractivity contribution in [3.05, 3.63) is 65.7 Å². The van der Waals surface area contributed by atoms with E-state index >= 15 is 0 Å². The van der Waals surface area contributed by atoms with Gasteiger partial charge in [0.05, 0.1) is 6.61 Å². The van der Waals surface area contributed by atoms with E-state index in [0.717, 1.165) is 12.2 Å². The molecule has 88 valence electrons. The third-order valence-corrected chi connectivity index (χ3v) is 2.67. The Balaban J connectivity index is 2.03. The van der Waals surface area contributed by atoms with Crippen LogP contribution in [0, 0.1) is 0 Å². The van der Waals surface area contributed by atoms with Gasteiger partial charge in [-0.3, -0.25) is 0 Å². The van der Waals surface area contributed by atoms with Crippen molar-refractivity contribution in [1.82, 2.24) is 0 Å². The third-order valence-electron chi connectivity index (χ3n) is 2.67. The van der Waals surface area contributed by atoms with Crippen molar-refractivity contribution in [2.24, 2.45) is 0 Å². The van der Waals surface area contributed by atoms with Gasteiger partial charge in [0.25, 0.3) is 0 Å². The fourth-order valence-corrected chi connectivity index (χ4v) is 1.78. The molecule has 1 N–H and O–H groups in total. The van der Waals surface area contributed by atoms with Crippen LogP contribution in [0.5, 0.6) is 0 Å². The Labute approximate surface area is 102 Å². The molecule has 17 heavy (non-hydrogen) atoms. The van der Waals surface area contributed by atoms with Gasteiger partial charge in [0.2, 0.25) is 0 Å². The predicted octanol–water partition coefficient (Wildman–Crippen LogP) is 3.45. The molecule has 0 aliphatic rings. The lowest BCUT2D eigenvalue weighted by molar-refractivity contribution is 0.184. The van der Waals surface area contributed by atoms with E-state index in [1.165, 1.54) is 11.1 Å². The molecule has 2 aromatic carbocycles. The highest BCUT2D eigenvalue weighted by Gasteiger charge is 2.00. The molecule has 2 rings (SSSR count). The number of ether oxygens (including phenoxy) is 1. The van der Waals surface area contributed by atoms with Gasteiger partial charge < -0.3 is 10.1 Å². The lowest BCUT2D eigenvalue weighted by Crippen LogP contribution is -2.03. The van der Waals surface area contributed by atoms with Crippen molar-refractivity contribution in [1.29, 1.82) is 0 Å². The van der Waals surface area contributed by atoms with Crippen LogP contribution in [-0.2, 0) is 17.9 Å². The Morgan fingerprint density at radius 3 is 2.24 bits per heavy atom. The second-order valence-electron chi connectivity index (χ2n) is 3.92. The number of hydrogen-bond donors (Lipinski definition) is 1. The molecule has 2 nitrogen and oxygen atoms in total. The van der Waals surface area contributed by atoms with Gasteiger partial charge in [-0.05, 0) is 23.3 Å². The van der Waals surface area contributed by atoms with Gasteiger partial charge in [-0.25, -0.2) is 0 Å². The van der Waals surface area contributed by atoms with Gasteiger partial charge in [0.1, 0.15) is 0 Å². The number of anilines is 1. The van der Waals surface area contributed by atoms with E-state index in [1.54, 1.807) is 7.11 Å². The summed E-state index contributed by atoms with van der Waals surface area (Å²) in [6, 6.07) is 18.5. The third kappa shape index (κ3) is 3.33. The molecule has 0 bridgehead atoms. The summed E-state index contributed by atoms with van der Waals surface area (Å²) in [6.45, 7) is 1.48. The van der Waals surface area contributed by atoms with Crippen molar-refractivity contribution < 1.29 is 4.74 Å². The lowest BCUT2D eigenvalue weighted by atomic mass is 10.1. The van der Waals surface area contributed by atoms with E-state index in [4.69, 9.17) is 4.74 Å². The number of methoxy groups -OCH3 is 1. The Hall–Kier alpha value is -1.80. The summed E-state index contributed by atoms with van der Waals surface area (Å²) < 4.78 is 5.19. The van der Waals surface area contributed by atoms with Crippen LogP contribution in [0.25, 0.3) is 0 Å². The SMILES string of the molecule is COCc1ccccc1CNc1ccccc1. The minimum atomic E-state index is 0.659. The molecule has 0 aromatic heterocycles. The molecule has 0 unspecified atom stereocenters.